The van der Waals surface area contributed by atoms with Gasteiger partial charge in [0.2, 0.25) is 0 Å². The third-order valence-electron chi connectivity index (χ3n) is 2.81. The Balaban J connectivity index is 2.36. The first-order chi connectivity index (χ1) is 7.93. The van der Waals surface area contributed by atoms with Crippen LogP contribution in [0.15, 0.2) is 16.3 Å². The van der Waals surface area contributed by atoms with E-state index in [-0.39, 0.29) is 11.0 Å². The Morgan fingerprint density at radius 2 is 2.29 bits per heavy atom. The maximum Gasteiger partial charge on any atom is 0.253 e. The van der Waals surface area contributed by atoms with Gasteiger partial charge in [0.05, 0.1) is 11.0 Å². The van der Waals surface area contributed by atoms with Crippen molar-refractivity contribution >= 4 is 38.6 Å². The van der Waals surface area contributed by atoms with Crippen LogP contribution in [0.25, 0.3) is 0 Å². The van der Waals surface area contributed by atoms with Crippen molar-refractivity contribution in [3.05, 3.63) is 17.0 Å². The van der Waals surface area contributed by atoms with Gasteiger partial charge < -0.3 is 5.73 Å². The van der Waals surface area contributed by atoms with Crippen molar-refractivity contribution in [1.29, 1.82) is 0 Å². The highest BCUT2D eigenvalue weighted by atomic mass is 32.2. The van der Waals surface area contributed by atoms with Crippen LogP contribution < -0.4 is 5.73 Å². The molecule has 0 aliphatic carbocycles. The summed E-state index contributed by atoms with van der Waals surface area (Å²) in [5.41, 5.74) is 5.60. The van der Waals surface area contributed by atoms with E-state index in [2.05, 4.69) is 0 Å². The summed E-state index contributed by atoms with van der Waals surface area (Å²) < 4.78 is 26.6. The van der Waals surface area contributed by atoms with E-state index in [1.165, 1.54) is 15.6 Å². The molecule has 1 aliphatic rings. The van der Waals surface area contributed by atoms with Crippen LogP contribution in [-0.4, -0.2) is 30.3 Å². The van der Waals surface area contributed by atoms with Gasteiger partial charge in [-0.25, -0.2) is 8.42 Å². The van der Waals surface area contributed by atoms with E-state index in [9.17, 15) is 8.42 Å². The van der Waals surface area contributed by atoms with Gasteiger partial charge in [-0.05, 0) is 31.9 Å². The van der Waals surface area contributed by atoms with Crippen LogP contribution in [0.4, 0.5) is 0 Å². The van der Waals surface area contributed by atoms with Crippen molar-refractivity contribution in [3.63, 3.8) is 0 Å². The molecule has 4 nitrogen and oxygen atoms in total. The van der Waals surface area contributed by atoms with Gasteiger partial charge >= 0.3 is 0 Å². The van der Waals surface area contributed by atoms with Crippen LogP contribution in [-0.2, 0) is 10.0 Å². The number of aryl methyl sites for hydroxylation is 1. The van der Waals surface area contributed by atoms with Crippen molar-refractivity contribution < 1.29 is 8.42 Å². The molecule has 7 heteroatoms. The van der Waals surface area contributed by atoms with E-state index in [1.54, 1.807) is 6.07 Å². The first-order valence-electron chi connectivity index (χ1n) is 5.30. The normalized spacial score (nSPS) is 21.8. The summed E-state index contributed by atoms with van der Waals surface area (Å²) in [6.45, 7) is 2.39. The number of hydrogen-bond donors (Lipinski definition) is 1. The highest BCUT2D eigenvalue weighted by Crippen LogP contribution is 2.30. The van der Waals surface area contributed by atoms with Crippen molar-refractivity contribution in [2.75, 3.05) is 6.54 Å². The van der Waals surface area contributed by atoms with Crippen LogP contribution in [0.1, 0.15) is 17.7 Å². The lowest BCUT2D eigenvalue weighted by Gasteiger charge is -2.22. The quantitative estimate of drug-likeness (QED) is 0.857. The summed E-state index contributed by atoms with van der Waals surface area (Å²) in [4.78, 5) is 1.24. The minimum absolute atomic E-state index is 0.263. The van der Waals surface area contributed by atoms with Crippen LogP contribution >= 0.6 is 23.6 Å². The molecule has 1 fully saturated rings. The second-order valence-electron chi connectivity index (χ2n) is 4.04. The van der Waals surface area contributed by atoms with Gasteiger partial charge in [-0.15, -0.1) is 11.3 Å². The highest BCUT2D eigenvalue weighted by molar-refractivity contribution is 7.91. The van der Waals surface area contributed by atoms with Gasteiger partial charge in [-0.3, -0.25) is 0 Å². The fourth-order valence-corrected chi connectivity index (χ4v) is 5.38. The Morgan fingerprint density at radius 3 is 2.82 bits per heavy atom. The first-order valence-corrected chi connectivity index (χ1v) is 7.97. The standard InChI is InChI=1S/C10H14N2O2S3/c1-7-4-5-9(16-7)17(13,14)12-6-2-3-8(12)10(11)15/h4-5,8H,2-3,6H2,1H3,(H2,11,15). The van der Waals surface area contributed by atoms with Crippen molar-refractivity contribution in [2.45, 2.75) is 30.0 Å². The molecule has 0 radical (unpaired) electrons. The number of hydrogen-bond acceptors (Lipinski definition) is 4. The number of thiophene rings is 1. The topological polar surface area (TPSA) is 63.4 Å². The zero-order chi connectivity index (χ0) is 12.6. The molecule has 0 saturated carbocycles. The molecular formula is C10H14N2O2S3. The van der Waals surface area contributed by atoms with Crippen molar-refractivity contribution in [2.24, 2.45) is 5.73 Å². The Hall–Kier alpha value is -0.500. The maximum absolute atomic E-state index is 12.4. The molecule has 1 atom stereocenters. The van der Waals surface area contributed by atoms with E-state index < -0.39 is 10.0 Å². The van der Waals surface area contributed by atoms with Crippen molar-refractivity contribution in [1.82, 2.24) is 4.31 Å². The van der Waals surface area contributed by atoms with Crippen LogP contribution in [0, 0.1) is 6.92 Å². The monoisotopic (exact) mass is 290 g/mol. The van der Waals surface area contributed by atoms with Gasteiger partial charge in [0.15, 0.2) is 0 Å². The van der Waals surface area contributed by atoms with E-state index in [0.717, 1.165) is 17.7 Å². The van der Waals surface area contributed by atoms with Gasteiger partial charge in [-0.1, -0.05) is 12.2 Å². The molecule has 2 N–H and O–H groups in total. The molecule has 1 saturated heterocycles. The summed E-state index contributed by atoms with van der Waals surface area (Å²) in [5, 5.41) is 0. The number of sulfonamides is 1. The summed E-state index contributed by atoms with van der Waals surface area (Å²) in [7, 11) is -3.43. The van der Waals surface area contributed by atoms with Crippen molar-refractivity contribution in [3.8, 4) is 0 Å². The third kappa shape index (κ3) is 2.37. The fourth-order valence-electron chi connectivity index (χ4n) is 1.98. The van der Waals surface area contributed by atoms with E-state index in [4.69, 9.17) is 18.0 Å². The molecule has 0 bridgehead atoms. The smallest absolute Gasteiger partial charge is 0.253 e. The molecule has 1 unspecified atom stereocenters. The molecule has 0 aromatic carbocycles. The lowest BCUT2D eigenvalue weighted by molar-refractivity contribution is 0.448. The lowest BCUT2D eigenvalue weighted by Crippen LogP contribution is -2.42. The van der Waals surface area contributed by atoms with Crippen LogP contribution in [0.2, 0.25) is 0 Å². The summed E-state index contributed by atoms with van der Waals surface area (Å²) in [5.74, 6) is 0. The first kappa shape index (κ1) is 12.9. The number of nitrogens with two attached hydrogens (primary N) is 1. The molecule has 2 heterocycles. The van der Waals surface area contributed by atoms with E-state index in [1.807, 2.05) is 13.0 Å². The van der Waals surface area contributed by atoms with Gasteiger partial charge in [0.25, 0.3) is 10.0 Å². The molecule has 1 aliphatic heterocycles. The Morgan fingerprint density at radius 1 is 1.59 bits per heavy atom. The fraction of sp³-hybridized carbons (Fsp3) is 0.500. The maximum atomic E-state index is 12.4. The molecule has 94 valence electrons. The summed E-state index contributed by atoms with van der Waals surface area (Å²) in [6, 6.07) is 3.13. The molecule has 17 heavy (non-hydrogen) atoms. The van der Waals surface area contributed by atoms with Gasteiger partial charge in [-0.2, -0.15) is 4.31 Å². The zero-order valence-electron chi connectivity index (χ0n) is 9.42. The Bertz CT molecular complexity index is 536. The number of thiocarbonyl (C=S) groups is 1. The lowest BCUT2D eigenvalue weighted by atomic mass is 10.2. The van der Waals surface area contributed by atoms with E-state index in [0.29, 0.717) is 10.8 Å². The van der Waals surface area contributed by atoms with Crippen LogP contribution in [0.5, 0.6) is 0 Å². The molecule has 0 amide bonds. The second kappa shape index (κ2) is 4.64. The highest BCUT2D eigenvalue weighted by Gasteiger charge is 2.37. The second-order valence-corrected chi connectivity index (χ2v) is 7.92. The minimum atomic E-state index is -3.43. The van der Waals surface area contributed by atoms with Gasteiger partial charge in [0.1, 0.15) is 4.21 Å². The molecular weight excluding hydrogens is 276 g/mol. The largest absolute Gasteiger partial charge is 0.392 e. The predicted molar refractivity (Wildman–Crippen MR) is 72.8 cm³/mol. The average molecular weight is 290 g/mol. The zero-order valence-corrected chi connectivity index (χ0v) is 11.9. The van der Waals surface area contributed by atoms with Crippen LogP contribution in [0.3, 0.4) is 0 Å². The summed E-state index contributed by atoms with van der Waals surface area (Å²) >= 11 is 6.21. The molecule has 2 rings (SSSR count). The van der Waals surface area contributed by atoms with E-state index >= 15 is 0 Å². The Labute approximate surface area is 110 Å². The SMILES string of the molecule is Cc1ccc(S(=O)(=O)N2CCCC2C(N)=S)s1. The summed E-state index contributed by atoms with van der Waals surface area (Å²) in [6.07, 6.45) is 1.53. The average Bonchev–Trinajstić information content (AvgIpc) is 2.84. The number of rotatable bonds is 3. The number of nitrogens with zero attached hydrogens (tertiary/aromatic N) is 1. The molecule has 0 spiro atoms. The molecule has 1 aromatic rings. The predicted octanol–water partition coefficient (Wildman–Crippen LogP) is 1.50. The van der Waals surface area contributed by atoms with Gasteiger partial charge in [0, 0.05) is 11.4 Å². The Kier molecular flexibility index (Phi) is 3.53. The molecule has 1 aromatic heterocycles. The minimum Gasteiger partial charge on any atom is -0.392 e. The third-order valence-corrected chi connectivity index (χ3v) is 6.46.